The third-order valence-corrected chi connectivity index (χ3v) is 6.12. The van der Waals surface area contributed by atoms with E-state index in [1.54, 1.807) is 0 Å². The van der Waals surface area contributed by atoms with Gasteiger partial charge >= 0.3 is 5.97 Å². The van der Waals surface area contributed by atoms with Crippen LogP contribution in [0, 0.1) is 6.92 Å². The number of sulfonamides is 1. The molecule has 1 saturated heterocycles. The number of carboxylic acids is 1. The number of rotatable bonds is 5. The van der Waals surface area contributed by atoms with Crippen molar-refractivity contribution in [2.45, 2.75) is 50.6 Å². The van der Waals surface area contributed by atoms with E-state index >= 15 is 0 Å². The van der Waals surface area contributed by atoms with E-state index in [1.165, 1.54) is 6.07 Å². The molecule has 0 aromatic heterocycles. The summed E-state index contributed by atoms with van der Waals surface area (Å²) in [5.41, 5.74) is 2.48. The first-order valence-electron chi connectivity index (χ1n) is 9.14. The van der Waals surface area contributed by atoms with Gasteiger partial charge in [0.1, 0.15) is 4.90 Å². The van der Waals surface area contributed by atoms with Gasteiger partial charge in [0.25, 0.3) is 0 Å². The topological polar surface area (TPSA) is 113 Å². The van der Waals surface area contributed by atoms with Gasteiger partial charge in [0.05, 0.1) is 16.9 Å². The lowest BCUT2D eigenvalue weighted by Crippen LogP contribution is -2.33. The molecule has 4 N–H and O–H groups in total. The maximum atomic E-state index is 12.3. The lowest BCUT2D eigenvalue weighted by Gasteiger charge is -2.32. The van der Waals surface area contributed by atoms with E-state index in [2.05, 4.69) is 10.2 Å². The van der Waals surface area contributed by atoms with E-state index in [9.17, 15) is 18.3 Å². The smallest absolute Gasteiger partial charge is 0.335 e. The minimum absolute atomic E-state index is 0.111. The van der Waals surface area contributed by atoms with Gasteiger partial charge in [-0.3, -0.25) is 0 Å². The first-order chi connectivity index (χ1) is 13.1. The van der Waals surface area contributed by atoms with Gasteiger partial charge in [0.15, 0.2) is 0 Å². The summed E-state index contributed by atoms with van der Waals surface area (Å²) < 4.78 is 24.7. The molecule has 0 aliphatic carbocycles. The van der Waals surface area contributed by atoms with Crippen molar-refractivity contribution in [1.29, 1.82) is 0 Å². The lowest BCUT2D eigenvalue weighted by molar-refractivity contribution is 0.0696. The number of aryl methyl sites for hydroxylation is 1. The monoisotopic (exact) mass is 403 g/mol. The Bertz CT molecular complexity index is 993. The molecule has 0 spiro atoms. The molecule has 0 bridgehead atoms. The molecular weight excluding hydrogens is 378 g/mol. The van der Waals surface area contributed by atoms with Crippen LogP contribution in [0.2, 0.25) is 0 Å². The normalized spacial score (nSPS) is 19.6. The number of carboxylic acid groups (broad SMARTS) is 1. The van der Waals surface area contributed by atoms with Crippen LogP contribution in [-0.4, -0.2) is 31.6 Å². The zero-order valence-electron chi connectivity index (χ0n) is 16.1. The highest BCUT2D eigenvalue weighted by Gasteiger charge is 2.32. The molecule has 1 heterocycles. The van der Waals surface area contributed by atoms with Crippen LogP contribution < -0.4 is 15.4 Å². The summed E-state index contributed by atoms with van der Waals surface area (Å²) in [4.78, 5) is 13.5. The zero-order chi connectivity index (χ0) is 20.6. The third kappa shape index (κ3) is 3.98. The van der Waals surface area contributed by atoms with E-state index in [0.29, 0.717) is 17.1 Å². The molecule has 0 amide bonds. The van der Waals surface area contributed by atoms with Gasteiger partial charge in [-0.05, 0) is 57.9 Å². The summed E-state index contributed by atoms with van der Waals surface area (Å²) in [5.74, 6) is -1.20. The average Bonchev–Trinajstić information content (AvgIpc) is 2.94. The van der Waals surface area contributed by atoms with Crippen molar-refractivity contribution in [1.82, 2.24) is 0 Å². The van der Waals surface area contributed by atoms with Gasteiger partial charge in [-0.2, -0.15) is 0 Å². The molecule has 1 fully saturated rings. The van der Waals surface area contributed by atoms with Crippen molar-refractivity contribution in [3.05, 3.63) is 47.5 Å². The Kier molecular flexibility index (Phi) is 5.36. The number of primary sulfonamides is 1. The summed E-state index contributed by atoms with van der Waals surface area (Å²) in [5, 5.41) is 18.1. The molecule has 2 atom stereocenters. The molecule has 2 aromatic rings. The van der Waals surface area contributed by atoms with Gasteiger partial charge in [-0.1, -0.05) is 17.7 Å². The quantitative estimate of drug-likeness (QED) is 0.705. The van der Waals surface area contributed by atoms with Crippen LogP contribution in [-0.2, 0) is 10.0 Å². The Morgan fingerprint density at radius 3 is 2.21 bits per heavy atom. The number of carbonyl (C=O) groups is 1. The standard InChI is InChI=1S/C20H25N3O4S/c1-12-4-8-16(9-5-12)22-19-17(23-13(2)6-7-14(23)3)10-15(20(24)25)11-18(19)28(21,26)27/h4-5,8-11,13-14,22H,6-7H2,1-3H3,(H,24,25)(H2,21,26,27). The van der Waals surface area contributed by atoms with Crippen LogP contribution in [0.3, 0.4) is 0 Å². The Morgan fingerprint density at radius 1 is 1.14 bits per heavy atom. The first-order valence-corrected chi connectivity index (χ1v) is 10.7. The van der Waals surface area contributed by atoms with Gasteiger partial charge < -0.3 is 15.3 Å². The summed E-state index contributed by atoms with van der Waals surface area (Å²) in [6, 6.07) is 10.4. The van der Waals surface area contributed by atoms with E-state index in [0.717, 1.165) is 24.5 Å². The fourth-order valence-electron chi connectivity index (χ4n) is 3.73. The van der Waals surface area contributed by atoms with Crippen LogP contribution in [0.1, 0.15) is 42.6 Å². The van der Waals surface area contributed by atoms with Crippen LogP contribution in [0.25, 0.3) is 0 Å². The molecule has 1 aliphatic heterocycles. The van der Waals surface area contributed by atoms with Crippen LogP contribution >= 0.6 is 0 Å². The number of anilines is 3. The fourth-order valence-corrected chi connectivity index (χ4v) is 4.46. The maximum Gasteiger partial charge on any atom is 0.335 e. The summed E-state index contributed by atoms with van der Waals surface area (Å²) in [6.45, 7) is 6.05. The molecule has 150 valence electrons. The van der Waals surface area contributed by atoms with Crippen LogP contribution in [0.4, 0.5) is 17.1 Å². The third-order valence-electron chi connectivity index (χ3n) is 5.19. The number of nitrogens with one attached hydrogen (secondary N) is 1. The van der Waals surface area contributed by atoms with Gasteiger partial charge in [-0.15, -0.1) is 0 Å². The highest BCUT2D eigenvalue weighted by molar-refractivity contribution is 7.89. The van der Waals surface area contributed by atoms with Crippen molar-refractivity contribution in [3.8, 4) is 0 Å². The molecule has 2 aromatic carbocycles. The van der Waals surface area contributed by atoms with Gasteiger partial charge in [0.2, 0.25) is 10.0 Å². The molecule has 0 saturated carbocycles. The fraction of sp³-hybridized carbons (Fsp3) is 0.350. The lowest BCUT2D eigenvalue weighted by atomic mass is 10.1. The average molecular weight is 404 g/mol. The Balaban J connectivity index is 2.26. The number of hydrogen-bond acceptors (Lipinski definition) is 5. The van der Waals surface area contributed by atoms with Gasteiger partial charge in [0, 0.05) is 17.8 Å². The van der Waals surface area contributed by atoms with E-state index in [-0.39, 0.29) is 22.5 Å². The SMILES string of the molecule is Cc1ccc(Nc2c(N3C(C)CCC3C)cc(C(=O)O)cc2S(N)(=O)=O)cc1. The summed E-state index contributed by atoms with van der Waals surface area (Å²) in [7, 11) is -4.16. The second-order valence-electron chi connectivity index (χ2n) is 7.39. The largest absolute Gasteiger partial charge is 0.478 e. The number of nitrogens with zero attached hydrogens (tertiary/aromatic N) is 1. The van der Waals surface area contributed by atoms with Crippen LogP contribution in [0.15, 0.2) is 41.3 Å². The molecule has 2 unspecified atom stereocenters. The van der Waals surface area contributed by atoms with Gasteiger partial charge in [-0.25, -0.2) is 18.4 Å². The first kappa shape index (κ1) is 20.2. The summed E-state index contributed by atoms with van der Waals surface area (Å²) in [6.07, 6.45) is 1.88. The molecule has 7 nitrogen and oxygen atoms in total. The van der Waals surface area contributed by atoms with Crippen molar-refractivity contribution < 1.29 is 18.3 Å². The second-order valence-corrected chi connectivity index (χ2v) is 8.92. The number of hydrogen-bond donors (Lipinski definition) is 3. The van der Waals surface area contributed by atoms with Crippen LogP contribution in [0.5, 0.6) is 0 Å². The number of nitrogens with two attached hydrogens (primary N) is 1. The molecule has 28 heavy (non-hydrogen) atoms. The Labute approximate surface area is 165 Å². The predicted octanol–water partition coefficient (Wildman–Crippen LogP) is 3.46. The summed E-state index contributed by atoms with van der Waals surface area (Å²) >= 11 is 0. The zero-order valence-corrected chi connectivity index (χ0v) is 17.0. The second kappa shape index (κ2) is 7.44. The maximum absolute atomic E-state index is 12.3. The minimum Gasteiger partial charge on any atom is -0.478 e. The minimum atomic E-state index is -4.16. The molecular formula is C20H25N3O4S. The van der Waals surface area contributed by atoms with E-state index in [1.807, 2.05) is 45.0 Å². The predicted molar refractivity (Wildman–Crippen MR) is 110 cm³/mol. The van der Waals surface area contributed by atoms with E-state index < -0.39 is 16.0 Å². The molecule has 8 heteroatoms. The molecule has 3 rings (SSSR count). The number of benzene rings is 2. The Morgan fingerprint density at radius 2 is 1.71 bits per heavy atom. The number of aromatic carboxylic acids is 1. The van der Waals surface area contributed by atoms with E-state index in [4.69, 9.17) is 5.14 Å². The molecule has 0 radical (unpaired) electrons. The molecule has 1 aliphatic rings. The van der Waals surface area contributed by atoms with Crippen molar-refractivity contribution in [3.63, 3.8) is 0 Å². The highest BCUT2D eigenvalue weighted by Crippen LogP contribution is 2.41. The highest BCUT2D eigenvalue weighted by atomic mass is 32.2. The van der Waals surface area contributed by atoms with Crippen molar-refractivity contribution >= 4 is 33.1 Å². The van der Waals surface area contributed by atoms with Crippen molar-refractivity contribution in [2.75, 3.05) is 10.2 Å². The van der Waals surface area contributed by atoms with Crippen molar-refractivity contribution in [2.24, 2.45) is 5.14 Å². The Hall–Kier alpha value is -2.58.